The van der Waals surface area contributed by atoms with E-state index in [-0.39, 0.29) is 0 Å². The lowest BCUT2D eigenvalue weighted by Gasteiger charge is -2.29. The fraction of sp³-hybridized carbons (Fsp3) is 0.435. The van der Waals surface area contributed by atoms with Crippen molar-refractivity contribution in [1.82, 2.24) is 14.5 Å². The van der Waals surface area contributed by atoms with Crippen LogP contribution in [-0.4, -0.2) is 60.3 Å². The van der Waals surface area contributed by atoms with Crippen LogP contribution in [0.2, 0.25) is 0 Å². The van der Waals surface area contributed by atoms with Crippen LogP contribution in [0, 0.1) is 6.92 Å². The summed E-state index contributed by atoms with van der Waals surface area (Å²) in [7, 11) is 3.71. The van der Waals surface area contributed by atoms with E-state index >= 15 is 0 Å². The number of hydrazone groups is 1. The molecule has 164 valence electrons. The Morgan fingerprint density at radius 3 is 2.77 bits per heavy atom. The maximum absolute atomic E-state index is 5.55. The zero-order chi connectivity index (χ0) is 21.8. The molecule has 0 atom stereocenters. The van der Waals surface area contributed by atoms with E-state index in [1.54, 1.807) is 7.11 Å². The van der Waals surface area contributed by atoms with Gasteiger partial charge in [0.1, 0.15) is 11.3 Å². The average Bonchev–Trinajstić information content (AvgIpc) is 3.11. The fourth-order valence-electron chi connectivity index (χ4n) is 3.77. The monoisotopic (exact) mass is 422 g/mol. The van der Waals surface area contributed by atoms with Crippen LogP contribution >= 0.6 is 0 Å². The number of hydrogen-bond acceptors (Lipinski definition) is 7. The molecular formula is C23H30N6O2. The van der Waals surface area contributed by atoms with Gasteiger partial charge in [-0.25, -0.2) is 9.97 Å². The third-order valence-corrected chi connectivity index (χ3v) is 5.56. The van der Waals surface area contributed by atoms with Crippen molar-refractivity contribution in [2.24, 2.45) is 12.1 Å². The lowest BCUT2D eigenvalue weighted by atomic mass is 10.1. The number of aromatic nitrogens is 3. The Morgan fingerprint density at radius 2 is 2.03 bits per heavy atom. The van der Waals surface area contributed by atoms with Crippen LogP contribution in [0.5, 0.6) is 0 Å². The second-order valence-corrected chi connectivity index (χ2v) is 7.81. The van der Waals surface area contributed by atoms with Gasteiger partial charge in [0, 0.05) is 39.7 Å². The summed E-state index contributed by atoms with van der Waals surface area (Å²) in [4.78, 5) is 12.0. The Hall–Kier alpha value is -2.97. The summed E-state index contributed by atoms with van der Waals surface area (Å²) in [5, 5.41) is 4.60. The number of pyridine rings is 1. The van der Waals surface area contributed by atoms with Crippen molar-refractivity contribution in [2.45, 2.75) is 20.3 Å². The van der Waals surface area contributed by atoms with Gasteiger partial charge in [0.2, 0.25) is 0 Å². The highest BCUT2D eigenvalue weighted by Crippen LogP contribution is 2.29. The predicted octanol–water partition coefficient (Wildman–Crippen LogP) is 3.14. The number of nitrogens with zero attached hydrogens (tertiary/aromatic N) is 5. The second kappa shape index (κ2) is 9.45. The van der Waals surface area contributed by atoms with Gasteiger partial charge in [-0.1, -0.05) is 29.8 Å². The molecule has 0 aliphatic carbocycles. The molecule has 1 saturated heterocycles. The van der Waals surface area contributed by atoms with Gasteiger partial charge in [-0.3, -0.25) is 5.43 Å². The number of imidazole rings is 1. The quantitative estimate of drug-likeness (QED) is 0.466. The van der Waals surface area contributed by atoms with E-state index in [0.29, 0.717) is 25.6 Å². The largest absolute Gasteiger partial charge is 0.384 e. The van der Waals surface area contributed by atoms with E-state index in [4.69, 9.17) is 19.4 Å². The van der Waals surface area contributed by atoms with Gasteiger partial charge in [-0.15, -0.1) is 0 Å². The minimum atomic E-state index is 0.620. The molecule has 1 aliphatic rings. The summed E-state index contributed by atoms with van der Waals surface area (Å²) < 4.78 is 12.8. The van der Waals surface area contributed by atoms with E-state index in [1.807, 2.05) is 30.7 Å². The highest BCUT2D eigenvalue weighted by Gasteiger charge is 2.20. The van der Waals surface area contributed by atoms with Gasteiger partial charge in [-0.2, -0.15) is 5.10 Å². The van der Waals surface area contributed by atoms with E-state index < -0.39 is 0 Å². The molecule has 31 heavy (non-hydrogen) atoms. The molecule has 3 aromatic rings. The third-order valence-electron chi connectivity index (χ3n) is 5.56. The molecule has 8 nitrogen and oxygen atoms in total. The second-order valence-electron chi connectivity index (χ2n) is 7.81. The average molecular weight is 423 g/mol. The Kier molecular flexibility index (Phi) is 6.48. The lowest BCUT2D eigenvalue weighted by molar-refractivity contribution is 0.123. The Balaban J connectivity index is 1.71. The number of nitrogens with one attached hydrogen (secondary N) is 1. The summed E-state index contributed by atoms with van der Waals surface area (Å²) in [5.41, 5.74) is 9.16. The van der Waals surface area contributed by atoms with Crippen LogP contribution in [0.1, 0.15) is 23.9 Å². The van der Waals surface area contributed by atoms with Crippen molar-refractivity contribution >= 4 is 28.4 Å². The number of aryl methyl sites for hydroxylation is 2. The molecule has 0 unspecified atom stereocenters. The standard InChI is InChI=1S/C23H30N6O2/c1-16-6-5-7-18(14-16)17(2)26-27-20-15-19(29-9-12-31-13-10-29)22-23(24-20)28(3)21(25-22)8-11-30-4/h5-7,14-15H,8-13H2,1-4H3,(H,24,27). The highest BCUT2D eigenvalue weighted by atomic mass is 16.5. The van der Waals surface area contributed by atoms with Crippen molar-refractivity contribution in [3.8, 4) is 0 Å². The Labute approximate surface area is 182 Å². The van der Waals surface area contributed by atoms with Crippen LogP contribution < -0.4 is 10.3 Å². The van der Waals surface area contributed by atoms with Crippen LogP contribution in [0.3, 0.4) is 0 Å². The summed E-state index contributed by atoms with van der Waals surface area (Å²) in [6.07, 6.45) is 0.735. The van der Waals surface area contributed by atoms with Crippen molar-refractivity contribution < 1.29 is 9.47 Å². The topological polar surface area (TPSA) is 76.8 Å². The molecule has 1 fully saturated rings. The van der Waals surface area contributed by atoms with Gasteiger partial charge in [-0.05, 0) is 19.4 Å². The van der Waals surface area contributed by atoms with Gasteiger partial charge in [0.05, 0.1) is 31.2 Å². The first-order valence-electron chi connectivity index (χ1n) is 10.6. The number of hydrogen-bond donors (Lipinski definition) is 1. The van der Waals surface area contributed by atoms with Crippen LogP contribution in [0.4, 0.5) is 11.5 Å². The lowest BCUT2D eigenvalue weighted by Crippen LogP contribution is -2.36. The molecule has 1 aromatic carbocycles. The number of fused-ring (bicyclic) bond motifs is 1. The van der Waals surface area contributed by atoms with E-state index in [0.717, 1.165) is 53.5 Å². The minimum absolute atomic E-state index is 0.620. The first-order valence-corrected chi connectivity index (χ1v) is 10.6. The van der Waals surface area contributed by atoms with Crippen LogP contribution in [-0.2, 0) is 22.9 Å². The van der Waals surface area contributed by atoms with E-state index in [1.165, 1.54) is 5.56 Å². The molecule has 2 aromatic heterocycles. The van der Waals surface area contributed by atoms with Crippen LogP contribution in [0.25, 0.3) is 11.2 Å². The highest BCUT2D eigenvalue weighted by molar-refractivity contribution is 5.99. The first-order chi connectivity index (χ1) is 15.1. The molecule has 4 rings (SSSR count). The summed E-state index contributed by atoms with van der Waals surface area (Å²) >= 11 is 0. The third kappa shape index (κ3) is 4.70. The number of ether oxygens (including phenoxy) is 2. The minimum Gasteiger partial charge on any atom is -0.384 e. The molecular weight excluding hydrogens is 392 g/mol. The molecule has 0 radical (unpaired) electrons. The normalized spacial score (nSPS) is 15.0. The van der Waals surface area contributed by atoms with Gasteiger partial charge in [0.15, 0.2) is 11.5 Å². The fourth-order valence-corrected chi connectivity index (χ4v) is 3.77. The summed E-state index contributed by atoms with van der Waals surface area (Å²) in [6, 6.07) is 10.3. The maximum Gasteiger partial charge on any atom is 0.164 e. The summed E-state index contributed by atoms with van der Waals surface area (Å²) in [6.45, 7) is 7.77. The van der Waals surface area contributed by atoms with Gasteiger partial charge in [0.25, 0.3) is 0 Å². The number of benzene rings is 1. The van der Waals surface area contributed by atoms with Gasteiger partial charge < -0.3 is 18.9 Å². The Bertz CT molecular complexity index is 1090. The molecule has 8 heteroatoms. The molecule has 1 N–H and O–H groups in total. The van der Waals surface area contributed by atoms with Crippen LogP contribution in [0.15, 0.2) is 35.4 Å². The first kappa shape index (κ1) is 21.3. The van der Waals surface area contributed by atoms with Gasteiger partial charge >= 0.3 is 0 Å². The Morgan fingerprint density at radius 1 is 1.23 bits per heavy atom. The predicted molar refractivity (Wildman–Crippen MR) is 124 cm³/mol. The molecule has 0 bridgehead atoms. The zero-order valence-corrected chi connectivity index (χ0v) is 18.7. The molecule has 0 spiro atoms. The molecule has 0 saturated carbocycles. The van der Waals surface area contributed by atoms with E-state index in [9.17, 15) is 0 Å². The van der Waals surface area contributed by atoms with Crippen molar-refractivity contribution in [2.75, 3.05) is 50.3 Å². The van der Waals surface area contributed by atoms with Crippen molar-refractivity contribution in [1.29, 1.82) is 0 Å². The van der Waals surface area contributed by atoms with Crippen molar-refractivity contribution in [3.63, 3.8) is 0 Å². The smallest absolute Gasteiger partial charge is 0.164 e. The number of morpholine rings is 1. The zero-order valence-electron chi connectivity index (χ0n) is 18.7. The number of rotatable bonds is 7. The number of anilines is 2. The maximum atomic E-state index is 5.55. The van der Waals surface area contributed by atoms with Crippen molar-refractivity contribution in [3.05, 3.63) is 47.3 Å². The SMILES string of the molecule is COCCc1nc2c(N3CCOCC3)cc(NN=C(C)c3cccc(C)c3)nc2n1C. The summed E-state index contributed by atoms with van der Waals surface area (Å²) in [5.74, 6) is 1.65. The molecule has 1 aliphatic heterocycles. The molecule has 0 amide bonds. The molecule has 3 heterocycles. The van der Waals surface area contributed by atoms with E-state index in [2.05, 4.69) is 40.5 Å². The number of methoxy groups -OCH3 is 1.